The molecular weight excluding hydrogens is 255 g/mol. The van der Waals surface area contributed by atoms with E-state index in [1.165, 1.54) is 6.07 Å². The summed E-state index contributed by atoms with van der Waals surface area (Å²) in [6.45, 7) is 0. The zero-order valence-electron chi connectivity index (χ0n) is 10.3. The molecule has 1 unspecified atom stereocenters. The summed E-state index contributed by atoms with van der Waals surface area (Å²) < 4.78 is 38.9. The van der Waals surface area contributed by atoms with Crippen LogP contribution in [0.15, 0.2) is 18.2 Å². The molecule has 0 radical (unpaired) electrons. The van der Waals surface area contributed by atoms with Crippen molar-refractivity contribution in [2.24, 2.45) is 5.92 Å². The van der Waals surface area contributed by atoms with Gasteiger partial charge < -0.3 is 5.32 Å². The molecule has 1 fully saturated rings. The minimum atomic E-state index is -4.43. The number of anilines is 1. The Morgan fingerprint density at radius 1 is 1.21 bits per heavy atom. The molecule has 1 saturated carbocycles. The summed E-state index contributed by atoms with van der Waals surface area (Å²) in [4.78, 5) is 11.7. The maximum Gasteiger partial charge on any atom is 0.418 e. The Kier molecular flexibility index (Phi) is 2.80. The zero-order chi connectivity index (χ0) is 13.6. The highest BCUT2D eigenvalue weighted by Crippen LogP contribution is 2.48. The van der Waals surface area contributed by atoms with Crippen LogP contribution in [0, 0.1) is 5.92 Å². The molecule has 0 aromatic heterocycles. The first-order valence-corrected chi connectivity index (χ1v) is 6.47. The molecule has 2 nitrogen and oxygen atoms in total. The molecule has 0 spiro atoms. The standard InChI is InChI=1S/C14H14F3NO/c15-14(16,17)11-6-2-5-9-10(8-3-1-4-8)7-12(19)18-13(9)11/h2,5-6,8,10H,1,3-4,7H2,(H,18,19). The monoisotopic (exact) mass is 269 g/mol. The molecule has 1 aliphatic heterocycles. The summed E-state index contributed by atoms with van der Waals surface area (Å²) in [5.41, 5.74) is -0.107. The molecule has 1 aromatic carbocycles. The van der Waals surface area contributed by atoms with Crippen LogP contribution in [-0.2, 0) is 11.0 Å². The average molecular weight is 269 g/mol. The highest BCUT2D eigenvalue weighted by molar-refractivity contribution is 5.95. The molecule has 1 aliphatic carbocycles. The lowest BCUT2D eigenvalue weighted by Gasteiger charge is -2.37. The number of carbonyl (C=O) groups excluding carboxylic acids is 1. The minimum absolute atomic E-state index is 0.0249. The molecule has 1 heterocycles. The summed E-state index contributed by atoms with van der Waals surface area (Å²) in [5.74, 6) is -0.00539. The van der Waals surface area contributed by atoms with E-state index in [1.54, 1.807) is 6.07 Å². The van der Waals surface area contributed by atoms with Crippen molar-refractivity contribution < 1.29 is 18.0 Å². The molecule has 0 saturated heterocycles. The average Bonchev–Trinajstić information content (AvgIpc) is 2.24. The van der Waals surface area contributed by atoms with Crippen molar-refractivity contribution in [3.8, 4) is 0 Å². The fourth-order valence-electron chi connectivity index (χ4n) is 3.02. The lowest BCUT2D eigenvalue weighted by atomic mass is 9.70. The van der Waals surface area contributed by atoms with Crippen molar-refractivity contribution in [3.05, 3.63) is 29.3 Å². The second kappa shape index (κ2) is 4.25. The fourth-order valence-corrected chi connectivity index (χ4v) is 3.02. The summed E-state index contributed by atoms with van der Waals surface area (Å²) in [7, 11) is 0. The van der Waals surface area contributed by atoms with E-state index in [0.717, 1.165) is 25.3 Å². The Hall–Kier alpha value is -1.52. The van der Waals surface area contributed by atoms with E-state index in [0.29, 0.717) is 17.9 Å². The summed E-state index contributed by atoms with van der Waals surface area (Å²) in [6, 6.07) is 4.18. The first kappa shape index (κ1) is 12.5. The molecule has 1 amide bonds. The summed E-state index contributed by atoms with van der Waals surface area (Å²) >= 11 is 0. The third kappa shape index (κ3) is 2.11. The van der Waals surface area contributed by atoms with Crippen LogP contribution in [0.4, 0.5) is 18.9 Å². The molecule has 1 N–H and O–H groups in total. The van der Waals surface area contributed by atoms with Crippen LogP contribution >= 0.6 is 0 Å². The van der Waals surface area contributed by atoms with Crippen LogP contribution in [0.1, 0.15) is 42.7 Å². The third-order valence-corrected chi connectivity index (χ3v) is 4.19. The number of fused-ring (bicyclic) bond motifs is 1. The summed E-state index contributed by atoms with van der Waals surface area (Å²) in [6.07, 6.45) is -1.00. The maximum atomic E-state index is 13.0. The van der Waals surface area contributed by atoms with Crippen molar-refractivity contribution in [3.63, 3.8) is 0 Å². The Morgan fingerprint density at radius 2 is 1.95 bits per heavy atom. The molecule has 2 aliphatic rings. The topological polar surface area (TPSA) is 29.1 Å². The van der Waals surface area contributed by atoms with Gasteiger partial charge in [-0.1, -0.05) is 18.6 Å². The van der Waals surface area contributed by atoms with Crippen molar-refractivity contribution >= 4 is 11.6 Å². The Bertz CT molecular complexity index is 520. The minimum Gasteiger partial charge on any atom is -0.325 e. The van der Waals surface area contributed by atoms with E-state index in [1.807, 2.05) is 0 Å². The molecule has 3 rings (SSSR count). The number of halogens is 3. The first-order valence-electron chi connectivity index (χ1n) is 6.47. The van der Waals surface area contributed by atoms with Crippen molar-refractivity contribution in [1.29, 1.82) is 0 Å². The van der Waals surface area contributed by atoms with Gasteiger partial charge in [0, 0.05) is 6.42 Å². The number of amides is 1. The van der Waals surface area contributed by atoms with Gasteiger partial charge in [0.2, 0.25) is 5.91 Å². The lowest BCUT2D eigenvalue weighted by Crippen LogP contribution is -2.31. The van der Waals surface area contributed by atoms with Gasteiger partial charge in [0.25, 0.3) is 0 Å². The molecule has 1 atom stereocenters. The largest absolute Gasteiger partial charge is 0.418 e. The Labute approximate surface area is 109 Å². The van der Waals surface area contributed by atoms with Gasteiger partial charge in [-0.2, -0.15) is 13.2 Å². The maximum absolute atomic E-state index is 13.0. The van der Waals surface area contributed by atoms with E-state index >= 15 is 0 Å². The third-order valence-electron chi connectivity index (χ3n) is 4.19. The molecule has 0 bridgehead atoms. The van der Waals surface area contributed by atoms with Crippen molar-refractivity contribution in [1.82, 2.24) is 0 Å². The molecule has 5 heteroatoms. The van der Waals surface area contributed by atoms with Gasteiger partial charge in [-0.3, -0.25) is 4.79 Å². The number of hydrogen-bond donors (Lipinski definition) is 1. The fraction of sp³-hybridized carbons (Fsp3) is 0.500. The highest BCUT2D eigenvalue weighted by Gasteiger charge is 2.40. The second-order valence-corrected chi connectivity index (χ2v) is 5.32. The summed E-state index contributed by atoms with van der Waals surface area (Å²) in [5, 5.41) is 2.41. The number of hydrogen-bond acceptors (Lipinski definition) is 1. The molecule has 102 valence electrons. The quantitative estimate of drug-likeness (QED) is 0.822. The number of rotatable bonds is 1. The normalized spacial score (nSPS) is 23.5. The van der Waals surface area contributed by atoms with Crippen LogP contribution in [0.3, 0.4) is 0 Å². The number of nitrogens with one attached hydrogen (secondary N) is 1. The Morgan fingerprint density at radius 3 is 2.53 bits per heavy atom. The predicted octanol–water partition coefficient (Wildman–Crippen LogP) is 3.93. The van der Waals surface area contributed by atoms with Crippen LogP contribution in [0.2, 0.25) is 0 Å². The van der Waals surface area contributed by atoms with E-state index in [-0.39, 0.29) is 17.5 Å². The highest BCUT2D eigenvalue weighted by atomic mass is 19.4. The van der Waals surface area contributed by atoms with Crippen LogP contribution < -0.4 is 5.32 Å². The second-order valence-electron chi connectivity index (χ2n) is 5.32. The van der Waals surface area contributed by atoms with E-state index in [2.05, 4.69) is 5.32 Å². The number of benzene rings is 1. The van der Waals surface area contributed by atoms with Crippen molar-refractivity contribution in [2.45, 2.75) is 37.8 Å². The van der Waals surface area contributed by atoms with Crippen molar-refractivity contribution in [2.75, 3.05) is 5.32 Å². The van der Waals surface area contributed by atoms with Crippen LogP contribution in [0.5, 0.6) is 0 Å². The van der Waals surface area contributed by atoms with Crippen LogP contribution in [0.25, 0.3) is 0 Å². The number of carbonyl (C=O) groups is 1. The SMILES string of the molecule is O=C1CC(C2CCC2)c2cccc(C(F)(F)F)c2N1. The van der Waals surface area contributed by atoms with Gasteiger partial charge in [0.1, 0.15) is 0 Å². The zero-order valence-corrected chi connectivity index (χ0v) is 10.3. The van der Waals surface area contributed by atoms with Gasteiger partial charge in [-0.15, -0.1) is 0 Å². The van der Waals surface area contributed by atoms with E-state index in [9.17, 15) is 18.0 Å². The van der Waals surface area contributed by atoms with Gasteiger partial charge in [0.15, 0.2) is 0 Å². The van der Waals surface area contributed by atoms with E-state index in [4.69, 9.17) is 0 Å². The van der Waals surface area contributed by atoms with Gasteiger partial charge in [0.05, 0.1) is 11.3 Å². The van der Waals surface area contributed by atoms with Crippen LogP contribution in [-0.4, -0.2) is 5.91 Å². The first-order chi connectivity index (χ1) is 8.97. The molecule has 19 heavy (non-hydrogen) atoms. The van der Waals surface area contributed by atoms with Gasteiger partial charge in [-0.05, 0) is 36.3 Å². The van der Waals surface area contributed by atoms with Gasteiger partial charge >= 0.3 is 6.18 Å². The lowest BCUT2D eigenvalue weighted by molar-refractivity contribution is -0.137. The smallest absolute Gasteiger partial charge is 0.325 e. The number of para-hydroxylation sites is 1. The Balaban J connectivity index is 2.08. The number of alkyl halides is 3. The van der Waals surface area contributed by atoms with Gasteiger partial charge in [-0.25, -0.2) is 0 Å². The molecule has 1 aromatic rings. The molecular formula is C14H14F3NO. The predicted molar refractivity (Wildman–Crippen MR) is 64.8 cm³/mol. The van der Waals surface area contributed by atoms with E-state index < -0.39 is 11.7 Å².